The van der Waals surface area contributed by atoms with Gasteiger partial charge in [0.2, 0.25) is 0 Å². The molecule has 6 heteroatoms. The molecule has 0 atom stereocenters. The number of carbonyl (C=O) groups excluding carboxylic acids is 2. The van der Waals surface area contributed by atoms with Gasteiger partial charge in [-0.25, -0.2) is 4.39 Å². The number of hydrogen-bond acceptors (Lipinski definition) is 5. The van der Waals surface area contributed by atoms with E-state index in [2.05, 4.69) is 0 Å². The van der Waals surface area contributed by atoms with Crippen molar-refractivity contribution in [3.05, 3.63) is 41.9 Å². The van der Waals surface area contributed by atoms with Gasteiger partial charge >= 0.3 is 5.97 Å². The Kier molecular flexibility index (Phi) is 5.16. The number of rotatable bonds is 5. The highest BCUT2D eigenvalue weighted by molar-refractivity contribution is 5.79. The van der Waals surface area contributed by atoms with Crippen molar-refractivity contribution in [2.24, 2.45) is 5.92 Å². The van der Waals surface area contributed by atoms with Gasteiger partial charge in [-0.15, -0.1) is 0 Å². The molecule has 2 heterocycles. The second-order valence-electron chi connectivity index (χ2n) is 5.97. The highest BCUT2D eigenvalue weighted by atomic mass is 19.1. The second-order valence-corrected chi connectivity index (χ2v) is 5.97. The number of ether oxygens (including phenoxy) is 1. The van der Waals surface area contributed by atoms with Crippen LogP contribution in [0, 0.1) is 11.7 Å². The Morgan fingerprint density at radius 2 is 2.08 bits per heavy atom. The lowest BCUT2D eigenvalue weighted by Crippen LogP contribution is -2.37. The van der Waals surface area contributed by atoms with Crippen molar-refractivity contribution in [1.82, 2.24) is 0 Å². The summed E-state index contributed by atoms with van der Waals surface area (Å²) in [6.07, 6.45) is 1.91. The average Bonchev–Trinajstić information content (AvgIpc) is 3.10. The maximum atomic E-state index is 14.5. The van der Waals surface area contributed by atoms with E-state index in [-0.39, 0.29) is 17.6 Å². The number of furan rings is 1. The van der Waals surface area contributed by atoms with Crippen LogP contribution in [-0.4, -0.2) is 32.0 Å². The fourth-order valence-corrected chi connectivity index (χ4v) is 3.19. The molecule has 1 saturated heterocycles. The zero-order valence-corrected chi connectivity index (χ0v) is 14.0. The van der Waals surface area contributed by atoms with Crippen molar-refractivity contribution < 1.29 is 23.1 Å². The van der Waals surface area contributed by atoms with Gasteiger partial charge in [0.1, 0.15) is 11.6 Å². The average molecular weight is 345 g/mol. The SMILES string of the molecule is CCOC(=O)C1CCN(c2cccc(F)c2-c2ccc(C=O)o2)CC1. The summed E-state index contributed by atoms with van der Waals surface area (Å²) >= 11 is 0. The van der Waals surface area contributed by atoms with E-state index in [4.69, 9.17) is 9.15 Å². The van der Waals surface area contributed by atoms with Crippen LogP contribution in [0.15, 0.2) is 34.7 Å². The molecule has 0 radical (unpaired) electrons. The Hall–Kier alpha value is -2.63. The zero-order valence-electron chi connectivity index (χ0n) is 14.0. The van der Waals surface area contributed by atoms with Crippen LogP contribution in [0.5, 0.6) is 0 Å². The van der Waals surface area contributed by atoms with Crippen LogP contribution in [0.1, 0.15) is 30.3 Å². The minimum Gasteiger partial charge on any atom is -0.466 e. The van der Waals surface area contributed by atoms with E-state index in [1.54, 1.807) is 19.1 Å². The third kappa shape index (κ3) is 3.57. The summed E-state index contributed by atoms with van der Waals surface area (Å²) in [6.45, 7) is 3.43. The third-order valence-electron chi connectivity index (χ3n) is 4.44. The van der Waals surface area contributed by atoms with Gasteiger partial charge in [-0.3, -0.25) is 9.59 Å². The molecule has 2 aromatic rings. The van der Waals surface area contributed by atoms with Gasteiger partial charge in [0.05, 0.1) is 23.8 Å². The van der Waals surface area contributed by atoms with Crippen LogP contribution < -0.4 is 4.90 Å². The van der Waals surface area contributed by atoms with Crippen LogP contribution in [0.25, 0.3) is 11.3 Å². The number of aldehydes is 1. The predicted octanol–water partition coefficient (Wildman–Crippen LogP) is 3.68. The largest absolute Gasteiger partial charge is 0.466 e. The van der Waals surface area contributed by atoms with Crippen molar-refractivity contribution in [3.63, 3.8) is 0 Å². The molecule has 132 valence electrons. The Bertz CT molecular complexity index is 763. The van der Waals surface area contributed by atoms with Crippen LogP contribution in [0.2, 0.25) is 0 Å². The first-order valence-corrected chi connectivity index (χ1v) is 8.39. The first-order chi connectivity index (χ1) is 12.1. The molecule has 0 unspecified atom stereocenters. The zero-order chi connectivity index (χ0) is 17.8. The molecule has 0 saturated carbocycles. The van der Waals surface area contributed by atoms with E-state index in [0.29, 0.717) is 55.8 Å². The number of nitrogens with zero attached hydrogens (tertiary/aromatic N) is 1. The van der Waals surface area contributed by atoms with Gasteiger partial charge in [0.15, 0.2) is 12.0 Å². The lowest BCUT2D eigenvalue weighted by Gasteiger charge is -2.33. The standard InChI is InChI=1S/C19H20FNO4/c1-2-24-19(23)13-8-10-21(11-9-13)16-5-3-4-15(20)18(16)17-7-6-14(12-22)25-17/h3-7,12-13H,2,8-11H2,1H3. The molecule has 0 aliphatic carbocycles. The highest BCUT2D eigenvalue weighted by Gasteiger charge is 2.28. The third-order valence-corrected chi connectivity index (χ3v) is 4.44. The lowest BCUT2D eigenvalue weighted by molar-refractivity contribution is -0.148. The maximum absolute atomic E-state index is 14.5. The van der Waals surface area contributed by atoms with E-state index < -0.39 is 5.82 Å². The molecule has 0 amide bonds. The van der Waals surface area contributed by atoms with E-state index >= 15 is 0 Å². The van der Waals surface area contributed by atoms with Crippen molar-refractivity contribution >= 4 is 17.9 Å². The smallest absolute Gasteiger partial charge is 0.309 e. The Balaban J connectivity index is 1.83. The summed E-state index contributed by atoms with van der Waals surface area (Å²) < 4.78 is 25.0. The minimum atomic E-state index is -0.406. The molecule has 1 aromatic carbocycles. The summed E-state index contributed by atoms with van der Waals surface area (Å²) in [7, 11) is 0. The Labute approximate surface area is 145 Å². The second kappa shape index (κ2) is 7.51. The lowest BCUT2D eigenvalue weighted by atomic mass is 9.95. The molecule has 25 heavy (non-hydrogen) atoms. The van der Waals surface area contributed by atoms with Gasteiger partial charge in [-0.05, 0) is 44.0 Å². The molecule has 1 aliphatic heterocycles. The van der Waals surface area contributed by atoms with Crippen molar-refractivity contribution in [2.75, 3.05) is 24.6 Å². The van der Waals surface area contributed by atoms with Crippen LogP contribution in [0.3, 0.4) is 0 Å². The molecule has 5 nitrogen and oxygen atoms in total. The van der Waals surface area contributed by atoms with Crippen LogP contribution in [0.4, 0.5) is 10.1 Å². The molecule has 1 aromatic heterocycles. The highest BCUT2D eigenvalue weighted by Crippen LogP contribution is 2.36. The Morgan fingerprint density at radius 1 is 1.32 bits per heavy atom. The fraction of sp³-hybridized carbons (Fsp3) is 0.368. The number of piperidine rings is 1. The monoisotopic (exact) mass is 345 g/mol. The van der Waals surface area contributed by atoms with Crippen LogP contribution in [-0.2, 0) is 9.53 Å². The molecule has 3 rings (SSSR count). The number of anilines is 1. The number of benzene rings is 1. The summed E-state index contributed by atoms with van der Waals surface area (Å²) in [5.41, 5.74) is 1.04. The molecule has 1 aliphatic rings. The molecule has 0 bridgehead atoms. The molecule has 0 N–H and O–H groups in total. The molecule has 1 fully saturated rings. The quantitative estimate of drug-likeness (QED) is 0.611. The topological polar surface area (TPSA) is 59.8 Å². The number of hydrogen-bond donors (Lipinski definition) is 0. The predicted molar refractivity (Wildman–Crippen MR) is 91.1 cm³/mol. The summed E-state index contributed by atoms with van der Waals surface area (Å²) in [6, 6.07) is 7.96. The van der Waals surface area contributed by atoms with Gasteiger partial charge in [-0.1, -0.05) is 6.07 Å². The molecular formula is C19H20FNO4. The van der Waals surface area contributed by atoms with Gasteiger partial charge in [-0.2, -0.15) is 0 Å². The molecule has 0 spiro atoms. The van der Waals surface area contributed by atoms with E-state index in [1.807, 2.05) is 11.0 Å². The minimum absolute atomic E-state index is 0.113. The van der Waals surface area contributed by atoms with Crippen LogP contribution >= 0.6 is 0 Å². The summed E-state index contributed by atoms with van der Waals surface area (Å²) in [5.74, 6) is -0.202. The van der Waals surface area contributed by atoms with Gasteiger partial charge in [0, 0.05) is 13.1 Å². The van der Waals surface area contributed by atoms with Crippen molar-refractivity contribution in [1.29, 1.82) is 0 Å². The Morgan fingerprint density at radius 3 is 2.72 bits per heavy atom. The van der Waals surface area contributed by atoms with E-state index in [0.717, 1.165) is 0 Å². The van der Waals surface area contributed by atoms with Crippen molar-refractivity contribution in [3.8, 4) is 11.3 Å². The summed E-state index contributed by atoms with van der Waals surface area (Å²) in [5, 5.41) is 0. The number of halogens is 1. The first-order valence-electron chi connectivity index (χ1n) is 8.39. The fourth-order valence-electron chi connectivity index (χ4n) is 3.19. The van der Waals surface area contributed by atoms with E-state index in [9.17, 15) is 14.0 Å². The normalized spacial score (nSPS) is 15.2. The molecular weight excluding hydrogens is 325 g/mol. The summed E-state index contributed by atoms with van der Waals surface area (Å²) in [4.78, 5) is 24.7. The maximum Gasteiger partial charge on any atom is 0.309 e. The number of carbonyl (C=O) groups is 2. The van der Waals surface area contributed by atoms with E-state index in [1.165, 1.54) is 12.1 Å². The first kappa shape index (κ1) is 17.2. The van der Waals surface area contributed by atoms with Gasteiger partial charge in [0.25, 0.3) is 0 Å². The number of esters is 1. The van der Waals surface area contributed by atoms with Crippen molar-refractivity contribution in [2.45, 2.75) is 19.8 Å². The van der Waals surface area contributed by atoms with Gasteiger partial charge < -0.3 is 14.1 Å².